The quantitative estimate of drug-likeness (QED) is 0.865. The van der Waals surface area contributed by atoms with Crippen LogP contribution in [-0.4, -0.2) is 4.98 Å². The van der Waals surface area contributed by atoms with Gasteiger partial charge in [0, 0.05) is 12.1 Å². The first-order valence-corrected chi connectivity index (χ1v) is 6.16. The van der Waals surface area contributed by atoms with Crippen molar-refractivity contribution in [1.82, 2.24) is 4.98 Å². The SMILES string of the molecule is Cc1cc(NCc2c(F)cccc2F)cnc1Br. The molecular formula is C13H11BrF2N2. The fourth-order valence-electron chi connectivity index (χ4n) is 1.55. The molecule has 5 heteroatoms. The second kappa shape index (κ2) is 5.44. The maximum Gasteiger partial charge on any atom is 0.131 e. The maximum absolute atomic E-state index is 13.4. The Kier molecular flexibility index (Phi) is 3.91. The number of nitrogens with one attached hydrogen (secondary N) is 1. The van der Waals surface area contributed by atoms with Crippen molar-refractivity contribution in [2.45, 2.75) is 13.5 Å². The highest BCUT2D eigenvalue weighted by atomic mass is 79.9. The molecule has 0 amide bonds. The summed E-state index contributed by atoms with van der Waals surface area (Å²) in [7, 11) is 0. The van der Waals surface area contributed by atoms with Gasteiger partial charge in [-0.2, -0.15) is 0 Å². The van der Waals surface area contributed by atoms with E-state index in [1.807, 2.05) is 13.0 Å². The minimum atomic E-state index is -0.552. The highest BCUT2D eigenvalue weighted by molar-refractivity contribution is 9.10. The minimum absolute atomic E-state index is 0.0260. The highest BCUT2D eigenvalue weighted by Crippen LogP contribution is 2.18. The van der Waals surface area contributed by atoms with Crippen molar-refractivity contribution in [2.24, 2.45) is 0 Å². The van der Waals surface area contributed by atoms with Gasteiger partial charge in [-0.15, -0.1) is 0 Å². The number of pyridine rings is 1. The molecule has 1 N–H and O–H groups in total. The molecule has 1 aromatic carbocycles. The van der Waals surface area contributed by atoms with E-state index in [9.17, 15) is 8.78 Å². The van der Waals surface area contributed by atoms with Crippen molar-refractivity contribution in [3.8, 4) is 0 Å². The van der Waals surface area contributed by atoms with Gasteiger partial charge in [-0.3, -0.25) is 0 Å². The fraction of sp³-hybridized carbons (Fsp3) is 0.154. The van der Waals surface area contributed by atoms with Crippen molar-refractivity contribution in [2.75, 3.05) is 5.32 Å². The molecule has 0 atom stereocenters. The van der Waals surface area contributed by atoms with E-state index in [0.29, 0.717) is 0 Å². The van der Waals surface area contributed by atoms with E-state index in [4.69, 9.17) is 0 Å². The number of aryl methyl sites for hydroxylation is 1. The molecule has 0 aliphatic carbocycles. The summed E-state index contributed by atoms with van der Waals surface area (Å²) in [6.07, 6.45) is 1.61. The number of rotatable bonds is 3. The van der Waals surface area contributed by atoms with Gasteiger partial charge in [0.1, 0.15) is 16.2 Å². The van der Waals surface area contributed by atoms with Gasteiger partial charge in [0.05, 0.1) is 11.9 Å². The average Bonchev–Trinajstić information content (AvgIpc) is 2.33. The Balaban J connectivity index is 2.14. The molecule has 0 aliphatic heterocycles. The van der Waals surface area contributed by atoms with Gasteiger partial charge in [-0.05, 0) is 46.6 Å². The van der Waals surface area contributed by atoms with Crippen LogP contribution in [0.25, 0.3) is 0 Å². The Hall–Kier alpha value is -1.49. The van der Waals surface area contributed by atoms with Crippen molar-refractivity contribution >= 4 is 21.6 Å². The van der Waals surface area contributed by atoms with Crippen LogP contribution in [0.2, 0.25) is 0 Å². The lowest BCUT2D eigenvalue weighted by atomic mass is 10.2. The Bertz CT molecular complexity index is 553. The normalized spacial score (nSPS) is 10.4. The van der Waals surface area contributed by atoms with E-state index in [0.717, 1.165) is 15.9 Å². The van der Waals surface area contributed by atoms with E-state index >= 15 is 0 Å². The number of hydrogen-bond acceptors (Lipinski definition) is 2. The monoisotopic (exact) mass is 312 g/mol. The Morgan fingerprint density at radius 2 is 1.94 bits per heavy atom. The number of halogens is 3. The molecule has 1 heterocycles. The second-order valence-corrected chi connectivity index (χ2v) is 4.64. The molecule has 0 unspecified atom stereocenters. The van der Waals surface area contributed by atoms with Gasteiger partial charge in [-0.25, -0.2) is 13.8 Å². The molecule has 0 bridgehead atoms. The van der Waals surface area contributed by atoms with Crippen LogP contribution in [0, 0.1) is 18.6 Å². The summed E-state index contributed by atoms with van der Waals surface area (Å²) in [5.74, 6) is -1.10. The maximum atomic E-state index is 13.4. The summed E-state index contributed by atoms with van der Waals surface area (Å²) in [6, 6.07) is 5.69. The molecule has 0 saturated heterocycles. The van der Waals surface area contributed by atoms with E-state index < -0.39 is 11.6 Å². The van der Waals surface area contributed by atoms with Crippen LogP contribution < -0.4 is 5.32 Å². The van der Waals surface area contributed by atoms with Crippen LogP contribution in [0.15, 0.2) is 35.1 Å². The first kappa shape index (κ1) is 13.0. The molecule has 0 saturated carbocycles. The number of benzene rings is 1. The molecule has 0 fully saturated rings. The molecule has 0 radical (unpaired) electrons. The van der Waals surface area contributed by atoms with Crippen molar-refractivity contribution in [1.29, 1.82) is 0 Å². The molecule has 1 aromatic heterocycles. The molecule has 18 heavy (non-hydrogen) atoms. The molecule has 0 aliphatic rings. The summed E-state index contributed by atoms with van der Waals surface area (Å²) in [4.78, 5) is 4.10. The smallest absolute Gasteiger partial charge is 0.131 e. The number of nitrogens with zero attached hydrogens (tertiary/aromatic N) is 1. The van der Waals surface area contributed by atoms with E-state index in [1.165, 1.54) is 18.2 Å². The largest absolute Gasteiger partial charge is 0.379 e. The third-order valence-electron chi connectivity index (χ3n) is 2.55. The van der Waals surface area contributed by atoms with Gasteiger partial charge >= 0.3 is 0 Å². The van der Waals surface area contributed by atoms with Gasteiger partial charge in [-0.1, -0.05) is 6.07 Å². The summed E-state index contributed by atoms with van der Waals surface area (Å²) in [5.41, 5.74) is 1.70. The predicted molar refractivity (Wildman–Crippen MR) is 70.4 cm³/mol. The molecule has 2 aromatic rings. The second-order valence-electron chi connectivity index (χ2n) is 3.89. The number of hydrogen-bond donors (Lipinski definition) is 1. The molecule has 0 spiro atoms. The summed E-state index contributed by atoms with van der Waals surface area (Å²) >= 11 is 3.29. The van der Waals surface area contributed by atoms with Gasteiger partial charge in [0.2, 0.25) is 0 Å². The zero-order valence-corrected chi connectivity index (χ0v) is 11.3. The van der Waals surface area contributed by atoms with E-state index in [-0.39, 0.29) is 12.1 Å². The Morgan fingerprint density at radius 1 is 1.28 bits per heavy atom. The first-order valence-electron chi connectivity index (χ1n) is 5.37. The fourth-order valence-corrected chi connectivity index (χ4v) is 1.76. The van der Waals surface area contributed by atoms with Crippen LogP contribution >= 0.6 is 15.9 Å². The summed E-state index contributed by atoms with van der Waals surface area (Å²) < 4.78 is 27.5. The topological polar surface area (TPSA) is 24.9 Å². The van der Waals surface area contributed by atoms with Gasteiger partial charge in [0.15, 0.2) is 0 Å². The lowest BCUT2D eigenvalue weighted by Crippen LogP contribution is -2.05. The summed E-state index contributed by atoms with van der Waals surface area (Å²) in [6.45, 7) is 1.98. The van der Waals surface area contributed by atoms with Gasteiger partial charge < -0.3 is 5.32 Å². The first-order chi connectivity index (χ1) is 8.58. The van der Waals surface area contributed by atoms with Crippen LogP contribution in [0.1, 0.15) is 11.1 Å². The Morgan fingerprint density at radius 3 is 2.56 bits per heavy atom. The standard InChI is InChI=1S/C13H11BrF2N2/c1-8-5-9(6-18-13(8)14)17-7-10-11(15)3-2-4-12(10)16/h2-6,17H,7H2,1H3. The number of aromatic nitrogens is 1. The van der Waals surface area contributed by atoms with Crippen molar-refractivity contribution < 1.29 is 8.78 Å². The van der Waals surface area contributed by atoms with E-state index in [2.05, 4.69) is 26.2 Å². The van der Waals surface area contributed by atoms with E-state index in [1.54, 1.807) is 6.20 Å². The molecular weight excluding hydrogens is 302 g/mol. The van der Waals surface area contributed by atoms with Crippen molar-refractivity contribution in [3.05, 3.63) is 57.8 Å². The summed E-state index contributed by atoms with van der Waals surface area (Å²) in [5, 5.41) is 2.95. The molecule has 94 valence electrons. The third kappa shape index (κ3) is 2.85. The van der Waals surface area contributed by atoms with Gasteiger partial charge in [0.25, 0.3) is 0 Å². The van der Waals surface area contributed by atoms with Crippen molar-refractivity contribution in [3.63, 3.8) is 0 Å². The van der Waals surface area contributed by atoms with Crippen LogP contribution in [0.4, 0.5) is 14.5 Å². The zero-order valence-electron chi connectivity index (χ0n) is 9.67. The average molecular weight is 313 g/mol. The van der Waals surface area contributed by atoms with Crippen LogP contribution in [-0.2, 0) is 6.54 Å². The Labute approximate surface area is 112 Å². The lowest BCUT2D eigenvalue weighted by Gasteiger charge is -2.09. The van der Waals surface area contributed by atoms with Crippen LogP contribution in [0.5, 0.6) is 0 Å². The van der Waals surface area contributed by atoms with Crippen LogP contribution in [0.3, 0.4) is 0 Å². The third-order valence-corrected chi connectivity index (χ3v) is 3.38. The number of anilines is 1. The lowest BCUT2D eigenvalue weighted by molar-refractivity contribution is 0.560. The predicted octanol–water partition coefficient (Wildman–Crippen LogP) is 4.04. The molecule has 2 nitrogen and oxygen atoms in total. The zero-order chi connectivity index (χ0) is 13.1. The minimum Gasteiger partial charge on any atom is -0.379 e. The molecule has 2 rings (SSSR count). The highest BCUT2D eigenvalue weighted by Gasteiger charge is 2.08.